The van der Waals surface area contributed by atoms with Gasteiger partial charge in [-0.05, 0) is 73.5 Å². The van der Waals surface area contributed by atoms with Crippen LogP contribution >= 0.6 is 0 Å². The second-order valence-corrected chi connectivity index (χ2v) is 15.4. The Balaban J connectivity index is 0.889. The van der Waals surface area contributed by atoms with E-state index in [0.717, 1.165) is 94.5 Å². The highest BCUT2D eigenvalue weighted by Gasteiger charge is 2.36. The van der Waals surface area contributed by atoms with Crippen LogP contribution in [0.25, 0.3) is 0 Å². The van der Waals surface area contributed by atoms with Crippen molar-refractivity contribution in [2.75, 3.05) is 94.2 Å². The molecule has 0 radical (unpaired) electrons. The predicted octanol–water partition coefficient (Wildman–Crippen LogP) is 3.10. The van der Waals surface area contributed by atoms with Crippen molar-refractivity contribution in [1.82, 2.24) is 20.0 Å². The summed E-state index contributed by atoms with van der Waals surface area (Å²) in [4.78, 5) is 60.5. The molecule has 4 amide bonds. The van der Waals surface area contributed by atoms with Gasteiger partial charge >= 0.3 is 6.18 Å². The van der Waals surface area contributed by atoms with E-state index in [1.807, 2.05) is 30.3 Å². The van der Waals surface area contributed by atoms with Crippen molar-refractivity contribution >= 4 is 40.7 Å². The third-order valence-corrected chi connectivity index (χ3v) is 11.1. The number of rotatable bonds is 13. The quantitative estimate of drug-likeness (QED) is 0.218. The third-order valence-electron chi connectivity index (χ3n) is 11.1. The number of hydrogen-bond acceptors (Lipinski definition) is 11. The van der Waals surface area contributed by atoms with E-state index < -0.39 is 47.4 Å². The summed E-state index contributed by atoms with van der Waals surface area (Å²) in [7, 11) is 1.61. The van der Waals surface area contributed by atoms with E-state index in [0.29, 0.717) is 18.2 Å². The smallest absolute Gasteiger partial charge is 0.417 e. The second kappa shape index (κ2) is 18.5. The van der Waals surface area contributed by atoms with Crippen molar-refractivity contribution < 1.29 is 42.2 Å². The van der Waals surface area contributed by atoms with Crippen molar-refractivity contribution in [1.29, 1.82) is 5.26 Å². The molecule has 2 atom stereocenters. The Morgan fingerprint density at radius 3 is 2.14 bits per heavy atom. The van der Waals surface area contributed by atoms with Gasteiger partial charge in [-0.3, -0.25) is 34.3 Å². The first-order valence-electron chi connectivity index (χ1n) is 19.6. The molecule has 314 valence electrons. The lowest BCUT2D eigenvalue weighted by Gasteiger charge is -2.39. The number of alkyl halides is 3. The average molecular weight is 819 g/mol. The Morgan fingerprint density at radius 2 is 1.54 bits per heavy atom. The maximum Gasteiger partial charge on any atom is 0.417 e. The van der Waals surface area contributed by atoms with Gasteiger partial charge in [-0.15, -0.1) is 0 Å². The van der Waals surface area contributed by atoms with Crippen molar-refractivity contribution in [2.45, 2.75) is 44.0 Å². The number of piperidine rings is 1. The van der Waals surface area contributed by atoms with Crippen LogP contribution in [0, 0.1) is 11.3 Å². The summed E-state index contributed by atoms with van der Waals surface area (Å²) in [6.45, 7) is 9.77. The summed E-state index contributed by atoms with van der Waals surface area (Å²) < 4.78 is 45.7. The van der Waals surface area contributed by atoms with Gasteiger partial charge in [0, 0.05) is 96.0 Å². The SMILES string of the molecule is CN(C(=O)Cc1cccc(N2CCN(CCN3CCN(c4ccc(OCC(C)(O)C(=O)Nc5ccc(C#N)c(C(F)(F)F)c5)cc4)CC3)CC2)c1)C1CCC(=O)NC1=O. The summed E-state index contributed by atoms with van der Waals surface area (Å²) in [5, 5.41) is 24.3. The van der Waals surface area contributed by atoms with Gasteiger partial charge in [-0.1, -0.05) is 12.1 Å². The first-order valence-corrected chi connectivity index (χ1v) is 19.6. The van der Waals surface area contributed by atoms with E-state index in [1.165, 1.54) is 17.9 Å². The summed E-state index contributed by atoms with van der Waals surface area (Å²) in [6.07, 6.45) is -4.06. The number of nitriles is 1. The van der Waals surface area contributed by atoms with Gasteiger partial charge in [-0.2, -0.15) is 18.4 Å². The molecular formula is C42H49F3N8O6. The van der Waals surface area contributed by atoms with Gasteiger partial charge in [0.25, 0.3) is 5.91 Å². The fraction of sp³-hybridized carbons (Fsp3) is 0.452. The van der Waals surface area contributed by atoms with Crippen LogP contribution in [0.15, 0.2) is 66.7 Å². The number of carbonyl (C=O) groups is 4. The fourth-order valence-corrected chi connectivity index (χ4v) is 7.39. The Kier molecular flexibility index (Phi) is 13.4. The molecular weight excluding hydrogens is 770 g/mol. The number of carbonyl (C=O) groups excluding carboxylic acids is 4. The van der Waals surface area contributed by atoms with Crippen molar-refractivity contribution in [3.63, 3.8) is 0 Å². The van der Waals surface area contributed by atoms with E-state index in [2.05, 4.69) is 36.3 Å². The van der Waals surface area contributed by atoms with Crippen LogP contribution in [0.5, 0.6) is 5.75 Å². The molecule has 59 heavy (non-hydrogen) atoms. The van der Waals surface area contributed by atoms with E-state index in [4.69, 9.17) is 10.00 Å². The number of imide groups is 1. The zero-order valence-electron chi connectivity index (χ0n) is 33.1. The highest BCUT2D eigenvalue weighted by molar-refractivity contribution is 6.01. The lowest BCUT2D eigenvalue weighted by Crippen LogP contribution is -2.53. The highest BCUT2D eigenvalue weighted by Crippen LogP contribution is 2.34. The average Bonchev–Trinajstić information content (AvgIpc) is 3.22. The molecule has 3 saturated heterocycles. The fourth-order valence-electron chi connectivity index (χ4n) is 7.39. The number of nitrogens with zero attached hydrogens (tertiary/aromatic N) is 6. The summed E-state index contributed by atoms with van der Waals surface area (Å²) in [6, 6.07) is 18.9. The lowest BCUT2D eigenvalue weighted by atomic mass is 10.0. The van der Waals surface area contributed by atoms with E-state index in [-0.39, 0.29) is 30.3 Å². The van der Waals surface area contributed by atoms with Gasteiger partial charge in [0.15, 0.2) is 5.60 Å². The number of ether oxygens (including phenoxy) is 1. The predicted molar refractivity (Wildman–Crippen MR) is 214 cm³/mol. The molecule has 3 aliphatic rings. The Morgan fingerprint density at radius 1 is 0.915 bits per heavy atom. The van der Waals surface area contributed by atoms with Crippen LogP contribution in [0.1, 0.15) is 36.5 Å². The van der Waals surface area contributed by atoms with E-state index in [9.17, 15) is 37.5 Å². The molecule has 2 unspecified atom stereocenters. The number of hydrogen-bond donors (Lipinski definition) is 3. The zero-order valence-corrected chi connectivity index (χ0v) is 33.1. The van der Waals surface area contributed by atoms with Crippen LogP contribution in [0.3, 0.4) is 0 Å². The van der Waals surface area contributed by atoms with E-state index in [1.54, 1.807) is 19.2 Å². The number of halogens is 3. The molecule has 3 N–H and O–H groups in total. The van der Waals surface area contributed by atoms with Gasteiger partial charge < -0.3 is 29.9 Å². The Bertz CT molecular complexity index is 2040. The molecule has 0 saturated carbocycles. The van der Waals surface area contributed by atoms with Crippen LogP contribution in [-0.2, 0) is 31.8 Å². The maximum absolute atomic E-state index is 13.3. The van der Waals surface area contributed by atoms with Crippen LogP contribution < -0.4 is 25.2 Å². The number of anilines is 3. The molecule has 14 nitrogen and oxygen atoms in total. The molecule has 0 bridgehead atoms. The van der Waals surface area contributed by atoms with Crippen molar-refractivity contribution in [3.8, 4) is 11.8 Å². The highest BCUT2D eigenvalue weighted by atomic mass is 19.4. The van der Waals surface area contributed by atoms with Crippen molar-refractivity contribution in [3.05, 3.63) is 83.4 Å². The number of benzene rings is 3. The number of amides is 4. The number of likely N-dealkylation sites (N-methyl/N-ethyl adjacent to an activating group) is 1. The topological polar surface area (TPSA) is 162 Å². The monoisotopic (exact) mass is 818 g/mol. The molecule has 0 aromatic heterocycles. The first-order chi connectivity index (χ1) is 28.1. The minimum Gasteiger partial charge on any atom is -0.490 e. The number of piperazine rings is 2. The van der Waals surface area contributed by atoms with Gasteiger partial charge in [0.2, 0.25) is 17.7 Å². The first kappa shape index (κ1) is 42.9. The number of nitrogens with one attached hydrogen (secondary N) is 2. The van der Waals surface area contributed by atoms with E-state index >= 15 is 0 Å². The summed E-state index contributed by atoms with van der Waals surface area (Å²) in [5.41, 5.74) is -1.08. The van der Waals surface area contributed by atoms with Crippen molar-refractivity contribution in [2.24, 2.45) is 0 Å². The second-order valence-electron chi connectivity index (χ2n) is 15.4. The van der Waals surface area contributed by atoms with Gasteiger partial charge in [0.05, 0.1) is 23.6 Å². The summed E-state index contributed by atoms with van der Waals surface area (Å²) >= 11 is 0. The van der Waals surface area contributed by atoms with Crippen LogP contribution in [-0.4, -0.2) is 134 Å². The minimum atomic E-state index is -4.79. The molecule has 17 heteroatoms. The van der Waals surface area contributed by atoms with Gasteiger partial charge in [0.1, 0.15) is 18.4 Å². The zero-order chi connectivity index (χ0) is 42.3. The molecule has 3 aliphatic heterocycles. The minimum absolute atomic E-state index is 0.166. The standard InChI is InChI=1S/C42H49F3N8O6/c1-41(58,40(57)47-31-7-6-30(27-46)35(26-31)42(43,44)45)28-59-34-10-8-32(9-11-34)52-20-16-50(17-21-52)14-15-51-18-22-53(23-19-51)33-5-3-4-29(24-33)25-38(55)49(2)36-12-13-37(54)48-39(36)56/h3-11,24,26,36,58H,12-23,25,28H2,1-2H3,(H,47,57)(H,48,54,56). The molecule has 3 heterocycles. The molecule has 3 fully saturated rings. The Hall–Kier alpha value is -5.70. The molecule has 3 aromatic rings. The largest absolute Gasteiger partial charge is 0.490 e. The maximum atomic E-state index is 13.3. The Labute approximate surface area is 341 Å². The summed E-state index contributed by atoms with van der Waals surface area (Å²) in [5.74, 6) is -1.45. The molecule has 6 rings (SSSR count). The number of aliphatic hydroxyl groups is 1. The van der Waals surface area contributed by atoms with Gasteiger partial charge in [-0.25, -0.2) is 0 Å². The normalized spacial score (nSPS) is 19.0. The molecule has 3 aromatic carbocycles. The van der Waals surface area contributed by atoms with Crippen LogP contribution in [0.4, 0.5) is 30.2 Å². The lowest BCUT2D eigenvalue weighted by molar-refractivity contribution is -0.144. The molecule has 0 aliphatic carbocycles. The third kappa shape index (κ3) is 11.1. The van der Waals surface area contributed by atoms with Crippen LogP contribution in [0.2, 0.25) is 0 Å². The molecule has 0 spiro atoms.